The summed E-state index contributed by atoms with van der Waals surface area (Å²) in [5, 5.41) is 0. The zero-order valence-corrected chi connectivity index (χ0v) is 10.6. The summed E-state index contributed by atoms with van der Waals surface area (Å²) < 4.78 is 0. The molecule has 1 fully saturated rings. The lowest BCUT2D eigenvalue weighted by atomic mass is 9.92. The molecule has 1 aromatic carbocycles. The zero-order valence-electron chi connectivity index (χ0n) is 9.74. The molecule has 2 rings (SSSR count). The molecule has 16 heavy (non-hydrogen) atoms. The third-order valence-electron chi connectivity index (χ3n) is 3.16. The van der Waals surface area contributed by atoms with Gasteiger partial charge in [0, 0.05) is 5.56 Å². The van der Waals surface area contributed by atoms with Crippen LogP contribution in [0.3, 0.4) is 0 Å². The van der Waals surface area contributed by atoms with Crippen molar-refractivity contribution in [2.75, 3.05) is 11.5 Å². The second kappa shape index (κ2) is 5.53. The zero-order chi connectivity index (χ0) is 11.4. The van der Waals surface area contributed by atoms with Crippen LogP contribution in [0.2, 0.25) is 0 Å². The van der Waals surface area contributed by atoms with E-state index in [1.807, 2.05) is 18.2 Å². The van der Waals surface area contributed by atoms with Gasteiger partial charge in [0.25, 0.3) is 0 Å². The molecule has 1 nitrogen and oxygen atoms in total. The third-order valence-corrected chi connectivity index (χ3v) is 4.44. The number of benzene rings is 1. The predicted molar refractivity (Wildman–Crippen MR) is 70.2 cm³/mol. The molecule has 0 saturated carbocycles. The average Bonchev–Trinajstić information content (AvgIpc) is 2.31. The van der Waals surface area contributed by atoms with E-state index in [-0.39, 0.29) is 5.78 Å². The van der Waals surface area contributed by atoms with Gasteiger partial charge >= 0.3 is 0 Å². The molecule has 1 saturated heterocycles. The quantitative estimate of drug-likeness (QED) is 0.744. The highest BCUT2D eigenvalue weighted by atomic mass is 32.2. The van der Waals surface area contributed by atoms with Crippen LogP contribution in [-0.4, -0.2) is 17.3 Å². The molecule has 0 spiro atoms. The molecule has 0 radical (unpaired) electrons. The Morgan fingerprint density at radius 2 is 2.25 bits per heavy atom. The van der Waals surface area contributed by atoms with Gasteiger partial charge in [-0.2, -0.15) is 11.8 Å². The molecular formula is C14H18OS. The van der Waals surface area contributed by atoms with Gasteiger partial charge in [-0.3, -0.25) is 4.79 Å². The topological polar surface area (TPSA) is 17.1 Å². The molecule has 1 atom stereocenters. The van der Waals surface area contributed by atoms with E-state index in [2.05, 4.69) is 17.8 Å². The third kappa shape index (κ3) is 2.88. The molecule has 1 unspecified atom stereocenters. The summed E-state index contributed by atoms with van der Waals surface area (Å²) in [4.78, 5) is 11.5. The maximum absolute atomic E-state index is 11.5. The first-order chi connectivity index (χ1) is 7.77. The van der Waals surface area contributed by atoms with Crippen LogP contribution in [0.1, 0.15) is 35.7 Å². The molecule has 1 aromatic rings. The van der Waals surface area contributed by atoms with E-state index in [1.165, 1.54) is 29.9 Å². The van der Waals surface area contributed by atoms with Crippen LogP contribution in [0.15, 0.2) is 24.3 Å². The van der Waals surface area contributed by atoms with E-state index in [1.54, 1.807) is 6.92 Å². The fourth-order valence-electron chi connectivity index (χ4n) is 2.32. The maximum Gasteiger partial charge on any atom is 0.160 e. The van der Waals surface area contributed by atoms with Gasteiger partial charge in [0.05, 0.1) is 0 Å². The largest absolute Gasteiger partial charge is 0.295 e. The Labute approximate surface area is 102 Å². The minimum absolute atomic E-state index is 0.194. The summed E-state index contributed by atoms with van der Waals surface area (Å²) in [6.45, 7) is 1.66. The van der Waals surface area contributed by atoms with Crippen LogP contribution in [0.4, 0.5) is 0 Å². The van der Waals surface area contributed by atoms with Crippen molar-refractivity contribution >= 4 is 17.5 Å². The summed E-state index contributed by atoms with van der Waals surface area (Å²) in [6.07, 6.45) is 3.72. The molecule has 1 heterocycles. The van der Waals surface area contributed by atoms with E-state index in [0.29, 0.717) is 0 Å². The Morgan fingerprint density at radius 3 is 2.94 bits per heavy atom. The molecule has 0 amide bonds. The number of hydrogen-bond donors (Lipinski definition) is 0. The van der Waals surface area contributed by atoms with Crippen LogP contribution in [0, 0.1) is 5.92 Å². The number of Topliss-reactive ketones (excluding diaryl/α,β-unsaturated/α-hetero) is 1. The summed E-state index contributed by atoms with van der Waals surface area (Å²) >= 11 is 2.05. The number of ketones is 1. The number of carbonyl (C=O) groups is 1. The summed E-state index contributed by atoms with van der Waals surface area (Å²) in [7, 11) is 0. The van der Waals surface area contributed by atoms with E-state index < -0.39 is 0 Å². The first kappa shape index (κ1) is 11.7. The van der Waals surface area contributed by atoms with E-state index in [0.717, 1.165) is 17.9 Å². The number of thioether (sulfide) groups is 1. The van der Waals surface area contributed by atoms with Gasteiger partial charge in [-0.05, 0) is 49.2 Å². The Kier molecular flexibility index (Phi) is 4.05. The smallest absolute Gasteiger partial charge is 0.160 e. The lowest BCUT2D eigenvalue weighted by Crippen LogP contribution is -2.14. The average molecular weight is 234 g/mol. The Hall–Kier alpha value is -0.760. The second-order valence-corrected chi connectivity index (χ2v) is 5.65. The van der Waals surface area contributed by atoms with Crippen LogP contribution < -0.4 is 0 Å². The highest BCUT2D eigenvalue weighted by Gasteiger charge is 2.16. The van der Waals surface area contributed by atoms with Gasteiger partial charge in [0.2, 0.25) is 0 Å². The normalized spacial score (nSPS) is 20.7. The van der Waals surface area contributed by atoms with Crippen molar-refractivity contribution in [3.63, 3.8) is 0 Å². The fourth-order valence-corrected chi connectivity index (χ4v) is 3.48. The molecule has 0 bridgehead atoms. The van der Waals surface area contributed by atoms with Gasteiger partial charge < -0.3 is 0 Å². The Bertz CT molecular complexity index is 367. The fraction of sp³-hybridized carbons (Fsp3) is 0.500. The second-order valence-electron chi connectivity index (χ2n) is 4.50. The Morgan fingerprint density at radius 1 is 1.44 bits per heavy atom. The summed E-state index contributed by atoms with van der Waals surface area (Å²) in [6, 6.07) is 8.05. The van der Waals surface area contributed by atoms with Gasteiger partial charge in [-0.1, -0.05) is 24.3 Å². The first-order valence-corrected chi connectivity index (χ1v) is 7.09. The number of rotatable bonds is 3. The lowest BCUT2D eigenvalue weighted by molar-refractivity contribution is 0.101. The molecule has 86 valence electrons. The van der Waals surface area contributed by atoms with Crippen LogP contribution >= 0.6 is 11.8 Å². The highest BCUT2D eigenvalue weighted by molar-refractivity contribution is 7.99. The molecule has 2 heteroatoms. The van der Waals surface area contributed by atoms with Gasteiger partial charge in [0.15, 0.2) is 5.78 Å². The van der Waals surface area contributed by atoms with Crippen molar-refractivity contribution in [2.45, 2.75) is 26.2 Å². The highest BCUT2D eigenvalue weighted by Crippen LogP contribution is 2.26. The van der Waals surface area contributed by atoms with Crippen molar-refractivity contribution in [1.29, 1.82) is 0 Å². The SMILES string of the molecule is CC(=O)c1ccccc1CC1CCCSC1. The lowest BCUT2D eigenvalue weighted by Gasteiger charge is -2.22. The van der Waals surface area contributed by atoms with Crippen LogP contribution in [-0.2, 0) is 6.42 Å². The van der Waals surface area contributed by atoms with E-state index >= 15 is 0 Å². The first-order valence-electron chi connectivity index (χ1n) is 5.94. The van der Waals surface area contributed by atoms with Crippen LogP contribution in [0.25, 0.3) is 0 Å². The minimum atomic E-state index is 0.194. The summed E-state index contributed by atoms with van der Waals surface area (Å²) in [5.41, 5.74) is 2.15. The molecule has 0 aliphatic carbocycles. The van der Waals surface area contributed by atoms with Gasteiger partial charge in [-0.15, -0.1) is 0 Å². The van der Waals surface area contributed by atoms with Gasteiger partial charge in [-0.25, -0.2) is 0 Å². The minimum Gasteiger partial charge on any atom is -0.295 e. The van der Waals surface area contributed by atoms with Crippen LogP contribution in [0.5, 0.6) is 0 Å². The van der Waals surface area contributed by atoms with Gasteiger partial charge in [0.1, 0.15) is 0 Å². The molecule has 0 aromatic heterocycles. The van der Waals surface area contributed by atoms with E-state index in [9.17, 15) is 4.79 Å². The predicted octanol–water partition coefficient (Wildman–Crippen LogP) is 3.57. The summed E-state index contributed by atoms with van der Waals surface area (Å²) in [5.74, 6) is 3.52. The maximum atomic E-state index is 11.5. The van der Waals surface area contributed by atoms with Crippen molar-refractivity contribution in [3.8, 4) is 0 Å². The van der Waals surface area contributed by atoms with Crippen molar-refractivity contribution in [3.05, 3.63) is 35.4 Å². The standard InChI is InChI=1S/C14H18OS/c1-11(15)14-7-3-2-6-13(14)9-12-5-4-8-16-10-12/h2-3,6-7,12H,4-5,8-10H2,1H3. The number of hydrogen-bond acceptors (Lipinski definition) is 2. The van der Waals surface area contributed by atoms with E-state index in [4.69, 9.17) is 0 Å². The molecule has 1 aliphatic rings. The molecule has 0 N–H and O–H groups in total. The molecule has 1 aliphatic heterocycles. The van der Waals surface area contributed by atoms with Crippen molar-refractivity contribution in [1.82, 2.24) is 0 Å². The monoisotopic (exact) mass is 234 g/mol. The Balaban J connectivity index is 2.10. The van der Waals surface area contributed by atoms with Crippen molar-refractivity contribution in [2.24, 2.45) is 5.92 Å². The van der Waals surface area contributed by atoms with Crippen molar-refractivity contribution < 1.29 is 4.79 Å². The molecular weight excluding hydrogens is 216 g/mol. The number of carbonyl (C=O) groups excluding carboxylic acids is 1.